The smallest absolute Gasteiger partial charge is 0.223 e. The zero-order chi connectivity index (χ0) is 28.8. The van der Waals surface area contributed by atoms with Gasteiger partial charge < -0.3 is 15.3 Å². The minimum absolute atomic E-state index is 0.0613. The number of nitrogens with zero attached hydrogens (tertiary/aromatic N) is 4. The zero-order valence-corrected chi connectivity index (χ0v) is 23.9. The second kappa shape index (κ2) is 12.7. The number of para-hydroxylation sites is 1. The van der Waals surface area contributed by atoms with Crippen molar-refractivity contribution in [3.63, 3.8) is 0 Å². The molecule has 7 nitrogen and oxygen atoms in total. The van der Waals surface area contributed by atoms with E-state index in [0.717, 1.165) is 54.0 Å². The van der Waals surface area contributed by atoms with Crippen molar-refractivity contribution >= 4 is 17.4 Å². The molecule has 0 radical (unpaired) electrons. The van der Waals surface area contributed by atoms with Gasteiger partial charge in [-0.2, -0.15) is 9.61 Å². The van der Waals surface area contributed by atoms with Gasteiger partial charge >= 0.3 is 0 Å². The van der Waals surface area contributed by atoms with Crippen LogP contribution in [0.4, 0.5) is 5.82 Å². The molecule has 5 aromatic rings. The molecule has 0 aliphatic rings. The number of phenols is 1. The Kier molecular flexibility index (Phi) is 8.63. The van der Waals surface area contributed by atoms with Gasteiger partial charge in [-0.25, -0.2) is 4.98 Å². The lowest BCUT2D eigenvalue weighted by Gasteiger charge is -2.23. The average molecular weight is 548 g/mol. The number of aryl methyl sites for hydroxylation is 1. The van der Waals surface area contributed by atoms with E-state index in [1.807, 2.05) is 86.2 Å². The lowest BCUT2D eigenvalue weighted by Crippen LogP contribution is -2.33. The Morgan fingerprint density at radius 2 is 1.59 bits per heavy atom. The van der Waals surface area contributed by atoms with Crippen molar-refractivity contribution in [2.75, 3.05) is 18.5 Å². The van der Waals surface area contributed by atoms with Crippen molar-refractivity contribution in [1.29, 1.82) is 0 Å². The van der Waals surface area contributed by atoms with Gasteiger partial charge in [0.05, 0.1) is 17.9 Å². The number of aromatic nitrogens is 3. The highest BCUT2D eigenvalue weighted by molar-refractivity contribution is 5.79. The number of aromatic hydroxyl groups is 1. The van der Waals surface area contributed by atoms with Gasteiger partial charge in [-0.05, 0) is 43.0 Å². The third-order valence-electron chi connectivity index (χ3n) is 7.58. The molecule has 7 heteroatoms. The van der Waals surface area contributed by atoms with Crippen LogP contribution in [0.2, 0.25) is 0 Å². The minimum Gasteiger partial charge on any atom is -0.507 e. The molecule has 2 N–H and O–H groups in total. The van der Waals surface area contributed by atoms with E-state index in [0.29, 0.717) is 11.3 Å². The van der Waals surface area contributed by atoms with E-state index >= 15 is 0 Å². The minimum atomic E-state index is -0.177. The maximum absolute atomic E-state index is 13.2. The summed E-state index contributed by atoms with van der Waals surface area (Å²) in [6.45, 7) is 4.78. The van der Waals surface area contributed by atoms with Crippen molar-refractivity contribution in [3.05, 3.63) is 114 Å². The van der Waals surface area contributed by atoms with Gasteiger partial charge in [-0.15, -0.1) is 0 Å². The maximum atomic E-state index is 13.2. The Morgan fingerprint density at radius 3 is 2.24 bits per heavy atom. The van der Waals surface area contributed by atoms with Crippen LogP contribution in [-0.4, -0.2) is 39.2 Å². The third-order valence-corrected chi connectivity index (χ3v) is 7.58. The van der Waals surface area contributed by atoms with Crippen molar-refractivity contribution in [1.82, 2.24) is 19.9 Å². The van der Waals surface area contributed by atoms with Gasteiger partial charge in [0.15, 0.2) is 5.65 Å². The monoisotopic (exact) mass is 547 g/mol. The number of carbonyl (C=O) groups is 1. The first kappa shape index (κ1) is 27.9. The SMILES string of the molecule is Cc1cnn2c(N(C)CCCC[C@H](C)C(=O)NC(c3ccccc3)c3ccccc3)cc(-c3ccccc3O)nc12. The van der Waals surface area contributed by atoms with E-state index in [9.17, 15) is 9.90 Å². The lowest BCUT2D eigenvalue weighted by molar-refractivity contribution is -0.125. The molecule has 2 heterocycles. The van der Waals surface area contributed by atoms with E-state index < -0.39 is 0 Å². The molecule has 0 spiro atoms. The van der Waals surface area contributed by atoms with Crippen molar-refractivity contribution in [2.45, 2.75) is 39.2 Å². The van der Waals surface area contributed by atoms with Crippen LogP contribution in [0.25, 0.3) is 16.9 Å². The van der Waals surface area contributed by atoms with E-state index in [4.69, 9.17) is 4.98 Å². The highest BCUT2D eigenvalue weighted by atomic mass is 16.3. The summed E-state index contributed by atoms with van der Waals surface area (Å²) >= 11 is 0. The molecule has 0 saturated carbocycles. The van der Waals surface area contributed by atoms with Crippen LogP contribution in [0, 0.1) is 12.8 Å². The number of carbonyl (C=O) groups excluding carboxylic acids is 1. The Hall–Kier alpha value is -4.65. The van der Waals surface area contributed by atoms with Crippen LogP contribution in [-0.2, 0) is 4.79 Å². The fourth-order valence-electron chi connectivity index (χ4n) is 5.14. The number of hydrogen-bond acceptors (Lipinski definition) is 5. The first-order valence-corrected chi connectivity index (χ1v) is 14.2. The quantitative estimate of drug-likeness (QED) is 0.183. The van der Waals surface area contributed by atoms with E-state index in [1.165, 1.54) is 0 Å². The number of amides is 1. The molecule has 1 amide bonds. The number of fused-ring (bicyclic) bond motifs is 1. The Balaban J connectivity index is 1.22. The number of anilines is 1. The van der Waals surface area contributed by atoms with Crippen LogP contribution in [0.15, 0.2) is 97.2 Å². The van der Waals surface area contributed by atoms with Gasteiger partial charge in [0, 0.05) is 36.7 Å². The van der Waals surface area contributed by atoms with Crippen LogP contribution >= 0.6 is 0 Å². The second-order valence-electron chi connectivity index (χ2n) is 10.7. The van der Waals surface area contributed by atoms with E-state index in [1.54, 1.807) is 12.1 Å². The summed E-state index contributed by atoms with van der Waals surface area (Å²) in [6.07, 6.45) is 4.45. The van der Waals surface area contributed by atoms with Crippen molar-refractivity contribution < 1.29 is 9.90 Å². The fourth-order valence-corrected chi connectivity index (χ4v) is 5.14. The number of nitrogens with one attached hydrogen (secondary N) is 1. The highest BCUT2D eigenvalue weighted by Crippen LogP contribution is 2.31. The number of hydrogen-bond donors (Lipinski definition) is 2. The molecule has 41 heavy (non-hydrogen) atoms. The van der Waals surface area contributed by atoms with Gasteiger partial charge in [-0.3, -0.25) is 4.79 Å². The fraction of sp³-hybridized carbons (Fsp3) is 0.265. The molecule has 0 aliphatic carbocycles. The molecular weight excluding hydrogens is 510 g/mol. The van der Waals surface area contributed by atoms with Crippen molar-refractivity contribution in [3.8, 4) is 17.0 Å². The summed E-state index contributed by atoms with van der Waals surface area (Å²) in [5, 5.41) is 18.3. The van der Waals surface area contributed by atoms with Gasteiger partial charge in [0.2, 0.25) is 5.91 Å². The molecule has 2 aromatic heterocycles. The molecule has 0 aliphatic heterocycles. The largest absolute Gasteiger partial charge is 0.507 e. The number of rotatable bonds is 11. The standard InChI is InChI=1S/C34H37N5O2/c1-24(34(41)37-32(26-15-6-4-7-16-26)27-17-8-5-9-18-27)14-12-13-21-38(3)31-22-29(28-19-10-11-20-30(28)40)36-33-25(2)23-35-39(31)33/h4-11,15-20,22-24,32,40H,12-14,21H2,1-3H3,(H,37,41)/t24-/m0/s1. The highest BCUT2D eigenvalue weighted by Gasteiger charge is 2.21. The first-order chi connectivity index (χ1) is 19.9. The van der Waals surface area contributed by atoms with Gasteiger partial charge in [-0.1, -0.05) is 86.1 Å². The molecule has 0 saturated heterocycles. The van der Waals surface area contributed by atoms with E-state index in [-0.39, 0.29) is 23.6 Å². The van der Waals surface area contributed by atoms with Crippen LogP contribution in [0.5, 0.6) is 5.75 Å². The summed E-state index contributed by atoms with van der Waals surface area (Å²) in [5.74, 6) is 1.06. The normalized spacial score (nSPS) is 12.0. The second-order valence-corrected chi connectivity index (χ2v) is 10.7. The van der Waals surface area contributed by atoms with Crippen molar-refractivity contribution in [2.24, 2.45) is 5.92 Å². The van der Waals surface area contributed by atoms with Crippen LogP contribution in [0.3, 0.4) is 0 Å². The molecular formula is C34H37N5O2. The summed E-state index contributed by atoms with van der Waals surface area (Å²) < 4.78 is 1.85. The Bertz CT molecular complexity index is 1560. The first-order valence-electron chi connectivity index (χ1n) is 14.2. The van der Waals surface area contributed by atoms with E-state index in [2.05, 4.69) is 39.6 Å². The van der Waals surface area contributed by atoms with Gasteiger partial charge in [0.25, 0.3) is 0 Å². The summed E-state index contributed by atoms with van der Waals surface area (Å²) in [7, 11) is 2.04. The summed E-state index contributed by atoms with van der Waals surface area (Å²) in [5.41, 5.74) is 5.28. The van der Waals surface area contributed by atoms with Crippen LogP contribution in [0.1, 0.15) is 48.9 Å². The van der Waals surface area contributed by atoms with Gasteiger partial charge in [0.1, 0.15) is 11.6 Å². The Morgan fingerprint density at radius 1 is 0.951 bits per heavy atom. The molecule has 0 fully saturated rings. The average Bonchev–Trinajstić information content (AvgIpc) is 3.38. The zero-order valence-electron chi connectivity index (χ0n) is 23.9. The predicted octanol–water partition coefficient (Wildman–Crippen LogP) is 6.56. The number of unbranched alkanes of at least 4 members (excludes halogenated alkanes) is 1. The summed E-state index contributed by atoms with van der Waals surface area (Å²) in [6, 6.07) is 29.3. The lowest BCUT2D eigenvalue weighted by atomic mass is 9.96. The molecule has 0 unspecified atom stereocenters. The number of benzene rings is 3. The summed E-state index contributed by atoms with van der Waals surface area (Å²) in [4.78, 5) is 20.2. The molecule has 0 bridgehead atoms. The molecule has 1 atom stereocenters. The maximum Gasteiger partial charge on any atom is 0.223 e. The topological polar surface area (TPSA) is 82.8 Å². The molecule has 3 aromatic carbocycles. The molecule has 210 valence electrons. The molecule has 5 rings (SSSR count). The Labute approximate surface area is 241 Å². The van der Waals surface area contributed by atoms with Crippen LogP contribution < -0.4 is 10.2 Å². The number of phenolic OH excluding ortho intramolecular Hbond substituents is 1. The predicted molar refractivity (Wildman–Crippen MR) is 164 cm³/mol. The third kappa shape index (κ3) is 6.40.